The average Bonchev–Trinajstić information content (AvgIpc) is 2.43. The van der Waals surface area contributed by atoms with Gasteiger partial charge < -0.3 is 9.47 Å². The first-order chi connectivity index (χ1) is 10.4. The van der Waals surface area contributed by atoms with Crippen LogP contribution in [0.2, 0.25) is 0 Å². The van der Waals surface area contributed by atoms with Crippen LogP contribution >= 0.6 is 31.9 Å². The molecule has 0 aliphatic carbocycles. The maximum Gasteiger partial charge on any atom is 0.343 e. The zero-order valence-electron chi connectivity index (χ0n) is 12.5. The second-order valence-electron chi connectivity index (χ2n) is 5.11. The molecule has 2 aromatic carbocycles. The van der Waals surface area contributed by atoms with E-state index >= 15 is 0 Å². The van der Waals surface area contributed by atoms with E-state index < -0.39 is 5.97 Å². The van der Waals surface area contributed by atoms with Crippen LogP contribution in [0, 0.1) is 6.92 Å². The zero-order valence-corrected chi connectivity index (χ0v) is 15.7. The molecule has 0 saturated heterocycles. The van der Waals surface area contributed by atoms with Gasteiger partial charge in [-0.1, -0.05) is 15.9 Å². The second kappa shape index (κ2) is 7.29. The molecule has 0 aliphatic heterocycles. The highest BCUT2D eigenvalue weighted by atomic mass is 79.9. The summed E-state index contributed by atoms with van der Waals surface area (Å²) >= 11 is 6.80. The normalized spacial score (nSPS) is 10.6. The Morgan fingerprint density at radius 1 is 1.05 bits per heavy atom. The predicted molar refractivity (Wildman–Crippen MR) is 93.7 cm³/mol. The van der Waals surface area contributed by atoms with Crippen molar-refractivity contribution in [3.05, 3.63) is 56.5 Å². The maximum absolute atomic E-state index is 12.2. The van der Waals surface area contributed by atoms with Gasteiger partial charge >= 0.3 is 5.97 Å². The van der Waals surface area contributed by atoms with E-state index in [9.17, 15) is 4.79 Å². The van der Waals surface area contributed by atoms with Crippen molar-refractivity contribution >= 4 is 37.8 Å². The lowest BCUT2D eigenvalue weighted by Gasteiger charge is -2.12. The van der Waals surface area contributed by atoms with Gasteiger partial charge in [-0.3, -0.25) is 0 Å². The topological polar surface area (TPSA) is 35.5 Å². The number of esters is 1. The maximum atomic E-state index is 12.2. The van der Waals surface area contributed by atoms with Crippen LogP contribution in [-0.4, -0.2) is 12.1 Å². The molecule has 2 aromatic rings. The third-order valence-corrected chi connectivity index (χ3v) is 3.98. The smallest absolute Gasteiger partial charge is 0.343 e. The number of carbonyl (C=O) groups excluding carboxylic acids is 1. The molecule has 0 atom stereocenters. The minimum Gasteiger partial charge on any atom is -0.490 e. The molecule has 0 unspecified atom stereocenters. The fourth-order valence-electron chi connectivity index (χ4n) is 1.86. The van der Waals surface area contributed by atoms with Crippen molar-refractivity contribution in [2.24, 2.45) is 0 Å². The first-order valence-corrected chi connectivity index (χ1v) is 8.40. The minimum absolute atomic E-state index is 0.0690. The van der Waals surface area contributed by atoms with Crippen molar-refractivity contribution in [3.8, 4) is 11.5 Å². The van der Waals surface area contributed by atoms with E-state index in [1.165, 1.54) is 0 Å². The van der Waals surface area contributed by atoms with E-state index in [1.807, 2.05) is 32.9 Å². The molecule has 0 amide bonds. The van der Waals surface area contributed by atoms with Gasteiger partial charge in [0.05, 0.1) is 16.1 Å². The lowest BCUT2D eigenvalue weighted by atomic mass is 10.2. The standard InChI is InChI=1S/C17H16Br2O3/c1-10(2)21-16-6-4-12(9-14(16)19)17(20)22-15-7-5-13(18)8-11(15)3/h4-10H,1-3H3. The summed E-state index contributed by atoms with van der Waals surface area (Å²) in [6.07, 6.45) is 0.0690. The van der Waals surface area contributed by atoms with E-state index in [0.717, 1.165) is 14.5 Å². The molecule has 0 fully saturated rings. The van der Waals surface area contributed by atoms with Gasteiger partial charge in [-0.25, -0.2) is 4.79 Å². The molecule has 0 N–H and O–H groups in total. The number of rotatable bonds is 4. The van der Waals surface area contributed by atoms with Crippen LogP contribution in [0.4, 0.5) is 0 Å². The van der Waals surface area contributed by atoms with Gasteiger partial charge in [-0.15, -0.1) is 0 Å². The molecular weight excluding hydrogens is 412 g/mol. The Labute approximate surface area is 146 Å². The lowest BCUT2D eigenvalue weighted by molar-refractivity contribution is 0.0733. The molecule has 5 heteroatoms. The molecule has 22 heavy (non-hydrogen) atoms. The number of benzene rings is 2. The van der Waals surface area contributed by atoms with Crippen LogP contribution in [-0.2, 0) is 0 Å². The van der Waals surface area contributed by atoms with Crippen molar-refractivity contribution in [2.75, 3.05) is 0 Å². The number of halogens is 2. The Balaban J connectivity index is 2.17. The SMILES string of the molecule is Cc1cc(Br)ccc1OC(=O)c1ccc(OC(C)C)c(Br)c1. The molecule has 0 aliphatic rings. The van der Waals surface area contributed by atoms with Gasteiger partial charge in [-0.2, -0.15) is 0 Å². The first kappa shape index (κ1) is 17.0. The van der Waals surface area contributed by atoms with Crippen molar-refractivity contribution < 1.29 is 14.3 Å². The number of carbonyl (C=O) groups is 1. The minimum atomic E-state index is -0.401. The molecule has 116 valence electrons. The third kappa shape index (κ3) is 4.34. The zero-order chi connectivity index (χ0) is 16.3. The van der Waals surface area contributed by atoms with Crippen molar-refractivity contribution in [1.82, 2.24) is 0 Å². The average molecular weight is 428 g/mol. The molecule has 0 heterocycles. The summed E-state index contributed by atoms with van der Waals surface area (Å²) in [6, 6.07) is 10.7. The van der Waals surface area contributed by atoms with Gasteiger partial charge in [0.2, 0.25) is 0 Å². The van der Waals surface area contributed by atoms with E-state index in [2.05, 4.69) is 31.9 Å². The van der Waals surface area contributed by atoms with Crippen LogP contribution in [0.1, 0.15) is 29.8 Å². The highest BCUT2D eigenvalue weighted by molar-refractivity contribution is 9.10. The van der Waals surface area contributed by atoms with E-state index in [4.69, 9.17) is 9.47 Å². The van der Waals surface area contributed by atoms with E-state index in [-0.39, 0.29) is 6.10 Å². The Morgan fingerprint density at radius 3 is 2.32 bits per heavy atom. The molecule has 0 aromatic heterocycles. The van der Waals surface area contributed by atoms with Crippen molar-refractivity contribution in [2.45, 2.75) is 26.9 Å². The van der Waals surface area contributed by atoms with E-state index in [0.29, 0.717) is 17.1 Å². The highest BCUT2D eigenvalue weighted by Crippen LogP contribution is 2.28. The van der Waals surface area contributed by atoms with Crippen LogP contribution in [0.3, 0.4) is 0 Å². The molecule has 0 saturated carbocycles. The number of hydrogen-bond acceptors (Lipinski definition) is 3. The molecule has 0 spiro atoms. The fraction of sp³-hybridized carbons (Fsp3) is 0.235. The second-order valence-corrected chi connectivity index (χ2v) is 6.88. The molecule has 2 rings (SSSR count). The molecular formula is C17H16Br2O3. The number of aryl methyl sites for hydroxylation is 1. The Hall–Kier alpha value is -1.33. The summed E-state index contributed by atoms with van der Waals surface area (Å²) in [7, 11) is 0. The quantitative estimate of drug-likeness (QED) is 0.475. The lowest BCUT2D eigenvalue weighted by Crippen LogP contribution is -2.10. The predicted octanol–water partition coefficient (Wildman–Crippen LogP) is 5.53. The van der Waals surface area contributed by atoms with Gasteiger partial charge in [-0.05, 0) is 78.7 Å². The largest absolute Gasteiger partial charge is 0.490 e. The summed E-state index contributed by atoms with van der Waals surface area (Å²) in [4.78, 5) is 12.2. The van der Waals surface area contributed by atoms with Gasteiger partial charge in [0, 0.05) is 4.47 Å². The third-order valence-electron chi connectivity index (χ3n) is 2.87. The summed E-state index contributed by atoms with van der Waals surface area (Å²) in [5, 5.41) is 0. The Bertz CT molecular complexity index is 696. The fourth-order valence-corrected chi connectivity index (χ4v) is 2.81. The first-order valence-electron chi connectivity index (χ1n) is 6.81. The van der Waals surface area contributed by atoms with Crippen LogP contribution in [0.5, 0.6) is 11.5 Å². The monoisotopic (exact) mass is 426 g/mol. The summed E-state index contributed by atoms with van der Waals surface area (Å²) in [5.74, 6) is 0.848. The van der Waals surface area contributed by atoms with E-state index in [1.54, 1.807) is 24.3 Å². The number of ether oxygens (including phenoxy) is 2. The summed E-state index contributed by atoms with van der Waals surface area (Å²) in [5.41, 5.74) is 1.35. The summed E-state index contributed by atoms with van der Waals surface area (Å²) in [6.45, 7) is 5.79. The molecule has 0 bridgehead atoms. The molecule has 3 nitrogen and oxygen atoms in total. The van der Waals surface area contributed by atoms with Crippen molar-refractivity contribution in [1.29, 1.82) is 0 Å². The van der Waals surface area contributed by atoms with Crippen LogP contribution < -0.4 is 9.47 Å². The molecule has 0 radical (unpaired) electrons. The highest BCUT2D eigenvalue weighted by Gasteiger charge is 2.13. The Kier molecular flexibility index (Phi) is 5.64. The van der Waals surface area contributed by atoms with Gasteiger partial charge in [0.15, 0.2) is 0 Å². The summed E-state index contributed by atoms with van der Waals surface area (Å²) < 4.78 is 12.7. The van der Waals surface area contributed by atoms with Gasteiger partial charge in [0.1, 0.15) is 11.5 Å². The Morgan fingerprint density at radius 2 is 1.73 bits per heavy atom. The van der Waals surface area contributed by atoms with Gasteiger partial charge in [0.25, 0.3) is 0 Å². The number of hydrogen-bond donors (Lipinski definition) is 0. The van der Waals surface area contributed by atoms with Crippen LogP contribution in [0.25, 0.3) is 0 Å². The van der Waals surface area contributed by atoms with Crippen LogP contribution in [0.15, 0.2) is 45.3 Å². The van der Waals surface area contributed by atoms with Crippen molar-refractivity contribution in [3.63, 3.8) is 0 Å².